The maximum absolute atomic E-state index is 10.6. The van der Waals surface area contributed by atoms with Gasteiger partial charge in [-0.25, -0.2) is 0 Å². The van der Waals surface area contributed by atoms with Crippen LogP contribution in [0, 0.1) is 0 Å². The molecular formula is C40H52Cl2N4O2Ti. The molecule has 9 heteroatoms. The molecule has 0 unspecified atom stereocenters. The van der Waals surface area contributed by atoms with Crippen LogP contribution in [0.2, 0.25) is 0 Å². The van der Waals surface area contributed by atoms with E-state index in [1.54, 1.807) is 0 Å². The fourth-order valence-electron chi connectivity index (χ4n) is 4.61. The molecule has 262 valence electrons. The molecule has 0 fully saturated rings. The van der Waals surface area contributed by atoms with Crippen molar-refractivity contribution in [2.45, 2.75) is 105 Å². The van der Waals surface area contributed by atoms with Gasteiger partial charge >= 0.3 is 35.6 Å². The van der Waals surface area contributed by atoms with Gasteiger partial charge in [-0.15, -0.1) is 10.2 Å². The first-order valence-corrected chi connectivity index (χ1v) is 20.5. The van der Waals surface area contributed by atoms with Gasteiger partial charge in [-0.2, -0.15) is 10.2 Å². The first-order chi connectivity index (χ1) is 22.6. The number of nitrogens with zero attached hydrogens (tertiary/aromatic N) is 4. The van der Waals surface area contributed by atoms with E-state index >= 15 is 0 Å². The van der Waals surface area contributed by atoms with E-state index in [1.807, 2.05) is 72.8 Å². The van der Waals surface area contributed by atoms with Crippen LogP contribution in [0.5, 0.6) is 11.5 Å². The molecule has 6 nitrogen and oxygen atoms in total. The molecule has 0 aliphatic heterocycles. The molecule has 0 saturated carbocycles. The molecule has 0 heterocycles. The number of azo groups is 2. The number of rotatable bonds is 4. The van der Waals surface area contributed by atoms with Crippen LogP contribution in [0.25, 0.3) is 0 Å². The number of phenolic OH excluding ortho intramolecular Hbond substituents is 2. The molecule has 0 bridgehead atoms. The SMILES string of the molecule is CC(C)(C)c1cc(N=Nc2ccccc2)c(O)c(C(C)(C)C)c1.CC(C)(C)c1cc(N=Nc2ccccc2)c(O)c(C(C)(C)C)c1.[Cl][Ti][Cl]. The Bertz CT molecular complexity index is 1570. The molecule has 4 aromatic carbocycles. The van der Waals surface area contributed by atoms with Crippen molar-refractivity contribution >= 4 is 41.4 Å². The number of hydrogen-bond acceptors (Lipinski definition) is 6. The van der Waals surface area contributed by atoms with Gasteiger partial charge in [0.2, 0.25) is 0 Å². The number of phenols is 2. The van der Waals surface area contributed by atoms with E-state index in [2.05, 4.69) is 116 Å². The van der Waals surface area contributed by atoms with Gasteiger partial charge in [0.25, 0.3) is 0 Å². The van der Waals surface area contributed by atoms with E-state index in [1.165, 1.54) is 0 Å². The maximum atomic E-state index is 10.6. The van der Waals surface area contributed by atoms with Crippen LogP contribution in [-0.2, 0) is 38.7 Å². The molecule has 0 radical (unpaired) electrons. The quantitative estimate of drug-likeness (QED) is 0.161. The summed E-state index contributed by atoms with van der Waals surface area (Å²) < 4.78 is 0. The Kier molecular flexibility index (Phi) is 15.3. The molecule has 49 heavy (non-hydrogen) atoms. The average Bonchev–Trinajstić information content (AvgIpc) is 2.99. The summed E-state index contributed by atoms with van der Waals surface area (Å²) in [6, 6.07) is 27.1. The molecule has 2 N–H and O–H groups in total. The summed E-state index contributed by atoms with van der Waals surface area (Å²) in [5, 5.41) is 38.4. The van der Waals surface area contributed by atoms with Crippen molar-refractivity contribution in [1.29, 1.82) is 0 Å². The standard InChI is InChI=1S/2C20H26N2O.2ClH.Ti/c2*1-19(2,3)14-12-16(20(4,5)6)18(23)17(13-14)22-21-15-10-8-7-9-11-15;;;/h2*7-13,23H,1-6H3;2*1H;/q;;;;+2/p-2. The summed E-state index contributed by atoms with van der Waals surface area (Å²) in [5.74, 6) is 0.426. The Morgan fingerprint density at radius 3 is 0.980 bits per heavy atom. The van der Waals surface area contributed by atoms with Crippen molar-refractivity contribution in [1.82, 2.24) is 0 Å². The minimum absolute atomic E-state index is 0.0231. The summed E-state index contributed by atoms with van der Waals surface area (Å²) in [6.07, 6.45) is 0. The van der Waals surface area contributed by atoms with E-state index in [0.717, 1.165) is 33.6 Å². The van der Waals surface area contributed by atoms with Crippen LogP contribution in [0.3, 0.4) is 0 Å². The zero-order valence-electron chi connectivity index (χ0n) is 31.0. The van der Waals surface area contributed by atoms with Crippen LogP contribution in [0.4, 0.5) is 22.7 Å². The summed E-state index contributed by atoms with van der Waals surface area (Å²) in [6.45, 7) is 25.5. The fourth-order valence-corrected chi connectivity index (χ4v) is 4.61. The summed E-state index contributed by atoms with van der Waals surface area (Å²) in [7, 11) is 9.78. The second kappa shape index (κ2) is 17.8. The van der Waals surface area contributed by atoms with Crippen LogP contribution in [0.15, 0.2) is 105 Å². The number of halogens is 2. The summed E-state index contributed by atoms with van der Waals surface area (Å²) in [5.41, 5.74) is 6.27. The van der Waals surface area contributed by atoms with Crippen LogP contribution < -0.4 is 0 Å². The van der Waals surface area contributed by atoms with E-state index in [9.17, 15) is 10.2 Å². The van der Waals surface area contributed by atoms with Gasteiger partial charge in [-0.3, -0.25) is 0 Å². The van der Waals surface area contributed by atoms with Gasteiger partial charge in [0.1, 0.15) is 22.9 Å². The van der Waals surface area contributed by atoms with Gasteiger partial charge in [-0.05, 0) is 69.2 Å². The molecule has 0 saturated heterocycles. The summed E-state index contributed by atoms with van der Waals surface area (Å²) in [4.78, 5) is 0. The Labute approximate surface area is 310 Å². The van der Waals surface area contributed by atoms with Crippen molar-refractivity contribution < 1.29 is 27.2 Å². The van der Waals surface area contributed by atoms with Crippen LogP contribution >= 0.6 is 18.6 Å². The Hall–Kier alpha value is -3.03. The average molecular weight is 740 g/mol. The van der Waals surface area contributed by atoms with Crippen molar-refractivity contribution in [3.8, 4) is 11.5 Å². The monoisotopic (exact) mass is 738 g/mol. The second-order valence-corrected chi connectivity index (χ2v) is 18.5. The third-order valence-corrected chi connectivity index (χ3v) is 7.59. The molecule has 0 atom stereocenters. The Balaban J connectivity index is 0.000000315. The fraction of sp³-hybridized carbons (Fsp3) is 0.400. The zero-order chi connectivity index (χ0) is 37.2. The minimum atomic E-state index is -0.556. The normalized spacial score (nSPS) is 12.3. The Morgan fingerprint density at radius 2 is 0.735 bits per heavy atom. The molecule has 4 rings (SSSR count). The van der Waals surface area contributed by atoms with Gasteiger partial charge in [-0.1, -0.05) is 132 Å². The van der Waals surface area contributed by atoms with E-state index in [-0.39, 0.29) is 33.2 Å². The molecular weight excluding hydrogens is 687 g/mol. The first kappa shape index (κ1) is 42.1. The predicted molar refractivity (Wildman–Crippen MR) is 204 cm³/mol. The van der Waals surface area contributed by atoms with E-state index in [4.69, 9.17) is 18.6 Å². The molecule has 4 aromatic rings. The van der Waals surface area contributed by atoms with Gasteiger partial charge in [0.05, 0.1) is 11.4 Å². The number of benzene rings is 4. The Morgan fingerprint density at radius 1 is 0.449 bits per heavy atom. The number of hydrogen-bond donors (Lipinski definition) is 2. The van der Waals surface area contributed by atoms with E-state index < -0.39 is 17.0 Å². The third kappa shape index (κ3) is 13.3. The van der Waals surface area contributed by atoms with E-state index in [0.29, 0.717) is 11.4 Å². The molecule has 0 aliphatic carbocycles. The van der Waals surface area contributed by atoms with Crippen molar-refractivity contribution in [2.24, 2.45) is 20.5 Å². The topological polar surface area (TPSA) is 89.9 Å². The molecule has 0 amide bonds. The molecule has 0 spiro atoms. The van der Waals surface area contributed by atoms with Gasteiger partial charge in [0, 0.05) is 11.1 Å². The van der Waals surface area contributed by atoms with Gasteiger partial charge < -0.3 is 10.2 Å². The van der Waals surface area contributed by atoms with Crippen molar-refractivity contribution in [3.05, 3.63) is 107 Å². The number of aromatic hydroxyl groups is 2. The summed E-state index contributed by atoms with van der Waals surface area (Å²) >= 11 is -0.556. The first-order valence-electron chi connectivity index (χ1n) is 16.3. The van der Waals surface area contributed by atoms with Gasteiger partial charge in [0.15, 0.2) is 0 Å². The van der Waals surface area contributed by atoms with Crippen molar-refractivity contribution in [2.75, 3.05) is 0 Å². The molecule has 0 aliphatic rings. The molecule has 0 aromatic heterocycles. The predicted octanol–water partition coefficient (Wildman–Crippen LogP) is 14.2. The van der Waals surface area contributed by atoms with Crippen LogP contribution in [-0.4, -0.2) is 10.2 Å². The zero-order valence-corrected chi connectivity index (χ0v) is 34.1. The second-order valence-electron chi connectivity index (χ2n) is 15.9. The third-order valence-electron chi connectivity index (χ3n) is 7.59. The van der Waals surface area contributed by atoms with Crippen LogP contribution in [0.1, 0.15) is 105 Å². The van der Waals surface area contributed by atoms with Crippen molar-refractivity contribution in [3.63, 3.8) is 0 Å².